The third kappa shape index (κ3) is 3.84. The molecule has 1 aromatic rings. The van der Waals surface area contributed by atoms with Gasteiger partial charge in [-0.25, -0.2) is 0 Å². The van der Waals surface area contributed by atoms with Crippen LogP contribution in [-0.2, 0) is 16.0 Å². The van der Waals surface area contributed by atoms with Crippen LogP contribution in [0.5, 0.6) is 0 Å². The first kappa shape index (κ1) is 15.4. The lowest BCUT2D eigenvalue weighted by molar-refractivity contribution is -0.137. The molecule has 0 saturated carbocycles. The van der Waals surface area contributed by atoms with E-state index in [-0.39, 0.29) is 12.0 Å². The highest BCUT2D eigenvalue weighted by Gasteiger charge is 2.34. The minimum Gasteiger partial charge on any atom is -0.389 e. The Labute approximate surface area is 131 Å². The molecule has 0 radical (unpaired) electrons. The van der Waals surface area contributed by atoms with Crippen molar-refractivity contribution in [2.24, 2.45) is 0 Å². The molecule has 5 heteroatoms. The number of carbonyl (C=O) groups excluding carboxylic acids is 1. The molecular formula is C17H24N2O3. The Morgan fingerprint density at radius 1 is 1.36 bits per heavy atom. The summed E-state index contributed by atoms with van der Waals surface area (Å²) in [6, 6.07) is 3.87. The van der Waals surface area contributed by atoms with Gasteiger partial charge >= 0.3 is 0 Å². The molecule has 22 heavy (non-hydrogen) atoms. The van der Waals surface area contributed by atoms with Crippen LogP contribution >= 0.6 is 0 Å². The maximum absolute atomic E-state index is 12.3. The molecule has 5 nitrogen and oxygen atoms in total. The summed E-state index contributed by atoms with van der Waals surface area (Å²) in [5, 5.41) is 10.7. The largest absolute Gasteiger partial charge is 0.389 e. The molecule has 0 spiro atoms. The molecule has 0 aliphatic carbocycles. The van der Waals surface area contributed by atoms with Crippen LogP contribution in [0.15, 0.2) is 24.5 Å². The van der Waals surface area contributed by atoms with Gasteiger partial charge in [-0.1, -0.05) is 0 Å². The van der Waals surface area contributed by atoms with Gasteiger partial charge in [0.1, 0.15) is 0 Å². The first-order chi connectivity index (χ1) is 10.6. The monoisotopic (exact) mass is 304 g/mol. The van der Waals surface area contributed by atoms with Gasteiger partial charge in [-0.15, -0.1) is 0 Å². The van der Waals surface area contributed by atoms with Crippen LogP contribution in [0.1, 0.15) is 37.7 Å². The van der Waals surface area contributed by atoms with Crippen molar-refractivity contribution in [2.45, 2.75) is 50.2 Å². The van der Waals surface area contributed by atoms with Gasteiger partial charge in [-0.05, 0) is 43.4 Å². The summed E-state index contributed by atoms with van der Waals surface area (Å²) in [7, 11) is 0. The average Bonchev–Trinajstić information content (AvgIpc) is 3.01. The zero-order valence-electron chi connectivity index (χ0n) is 12.9. The van der Waals surface area contributed by atoms with Crippen molar-refractivity contribution in [3.05, 3.63) is 30.1 Å². The summed E-state index contributed by atoms with van der Waals surface area (Å²) in [4.78, 5) is 18.2. The number of aliphatic hydroxyl groups is 1. The van der Waals surface area contributed by atoms with Crippen molar-refractivity contribution < 1.29 is 14.6 Å². The van der Waals surface area contributed by atoms with Crippen LogP contribution < -0.4 is 0 Å². The molecule has 2 fully saturated rings. The van der Waals surface area contributed by atoms with Gasteiger partial charge in [0.25, 0.3) is 0 Å². The van der Waals surface area contributed by atoms with Gasteiger partial charge in [-0.3, -0.25) is 9.78 Å². The van der Waals surface area contributed by atoms with Gasteiger partial charge < -0.3 is 14.7 Å². The second-order valence-corrected chi connectivity index (χ2v) is 6.48. The van der Waals surface area contributed by atoms with E-state index in [1.807, 2.05) is 17.0 Å². The summed E-state index contributed by atoms with van der Waals surface area (Å²) in [6.45, 7) is 2.05. The Balaban J connectivity index is 1.49. The molecule has 2 aliphatic heterocycles. The molecule has 1 atom stereocenters. The topological polar surface area (TPSA) is 62.7 Å². The molecular weight excluding hydrogens is 280 g/mol. The summed E-state index contributed by atoms with van der Waals surface area (Å²) >= 11 is 0. The van der Waals surface area contributed by atoms with Crippen LogP contribution in [0.3, 0.4) is 0 Å². The van der Waals surface area contributed by atoms with E-state index in [4.69, 9.17) is 4.74 Å². The highest BCUT2D eigenvalue weighted by Crippen LogP contribution is 2.27. The maximum Gasteiger partial charge on any atom is 0.225 e. The summed E-state index contributed by atoms with van der Waals surface area (Å²) in [5.41, 5.74) is 0.388. The number of pyridine rings is 1. The lowest BCUT2D eigenvalue weighted by atomic mass is 9.85. The quantitative estimate of drug-likeness (QED) is 0.916. The number of likely N-dealkylation sites (tertiary alicyclic amines) is 1. The third-order valence-electron chi connectivity index (χ3n) is 4.76. The van der Waals surface area contributed by atoms with E-state index in [1.54, 1.807) is 12.4 Å². The van der Waals surface area contributed by atoms with Gasteiger partial charge in [0, 0.05) is 38.5 Å². The highest BCUT2D eigenvalue weighted by atomic mass is 16.5. The van der Waals surface area contributed by atoms with E-state index >= 15 is 0 Å². The molecule has 1 N–H and O–H groups in total. The Bertz CT molecular complexity index is 492. The lowest BCUT2D eigenvalue weighted by Gasteiger charge is -2.38. The molecule has 3 heterocycles. The lowest BCUT2D eigenvalue weighted by Crippen LogP contribution is -2.48. The zero-order valence-corrected chi connectivity index (χ0v) is 12.9. The second-order valence-electron chi connectivity index (χ2n) is 6.48. The van der Waals surface area contributed by atoms with Crippen molar-refractivity contribution in [2.75, 3.05) is 19.7 Å². The predicted octanol–water partition coefficient (Wildman–Crippen LogP) is 1.55. The minimum atomic E-state index is -0.706. The molecule has 1 unspecified atom stereocenters. The highest BCUT2D eigenvalue weighted by molar-refractivity contribution is 5.76. The molecule has 0 bridgehead atoms. The van der Waals surface area contributed by atoms with Crippen molar-refractivity contribution in [3.8, 4) is 0 Å². The zero-order chi connectivity index (χ0) is 15.4. The number of hydrogen-bond acceptors (Lipinski definition) is 4. The molecule has 2 aliphatic rings. The third-order valence-corrected chi connectivity index (χ3v) is 4.76. The van der Waals surface area contributed by atoms with Crippen LogP contribution in [-0.4, -0.2) is 52.3 Å². The number of rotatable bonds is 4. The van der Waals surface area contributed by atoms with Crippen molar-refractivity contribution in [1.29, 1.82) is 0 Å². The Morgan fingerprint density at radius 2 is 2.09 bits per heavy atom. The van der Waals surface area contributed by atoms with Crippen LogP contribution in [0, 0.1) is 0 Å². The average molecular weight is 304 g/mol. The molecule has 1 aromatic heterocycles. The number of carbonyl (C=O) groups is 1. The SMILES string of the molecule is O=C(CC1CCCO1)N1CCC(O)(Cc2ccncc2)CC1. The van der Waals surface area contributed by atoms with E-state index in [0.29, 0.717) is 38.8 Å². The van der Waals surface area contributed by atoms with Gasteiger partial charge in [-0.2, -0.15) is 0 Å². The number of hydrogen-bond donors (Lipinski definition) is 1. The van der Waals surface area contributed by atoms with Gasteiger partial charge in [0.2, 0.25) is 5.91 Å². The molecule has 3 rings (SSSR count). The summed E-state index contributed by atoms with van der Waals surface area (Å²) in [5.74, 6) is 0.165. The Morgan fingerprint density at radius 3 is 2.73 bits per heavy atom. The molecule has 1 amide bonds. The summed E-state index contributed by atoms with van der Waals surface area (Å²) in [6.07, 6.45) is 8.03. The molecule has 120 valence electrons. The number of piperidine rings is 1. The van der Waals surface area contributed by atoms with Crippen LogP contribution in [0.4, 0.5) is 0 Å². The summed E-state index contributed by atoms with van der Waals surface area (Å²) < 4.78 is 5.53. The minimum absolute atomic E-state index is 0.102. The fourth-order valence-corrected chi connectivity index (χ4v) is 3.36. The Kier molecular flexibility index (Phi) is 4.74. The van der Waals surface area contributed by atoms with Crippen molar-refractivity contribution in [1.82, 2.24) is 9.88 Å². The van der Waals surface area contributed by atoms with Crippen molar-refractivity contribution in [3.63, 3.8) is 0 Å². The van der Waals surface area contributed by atoms with E-state index in [2.05, 4.69) is 4.98 Å². The number of aromatic nitrogens is 1. The molecule has 0 aromatic carbocycles. The predicted molar refractivity (Wildman–Crippen MR) is 82.3 cm³/mol. The van der Waals surface area contributed by atoms with Crippen LogP contribution in [0.2, 0.25) is 0 Å². The van der Waals surface area contributed by atoms with E-state index in [1.165, 1.54) is 0 Å². The van der Waals surface area contributed by atoms with E-state index in [9.17, 15) is 9.90 Å². The first-order valence-corrected chi connectivity index (χ1v) is 8.15. The number of ether oxygens (including phenoxy) is 1. The number of nitrogens with zero attached hydrogens (tertiary/aromatic N) is 2. The standard InChI is InChI=1S/C17H24N2O3/c20-16(12-15-2-1-11-22-15)19-9-5-17(21,6-10-19)13-14-3-7-18-8-4-14/h3-4,7-8,15,21H,1-2,5-6,9-13H2. The fourth-order valence-electron chi connectivity index (χ4n) is 3.36. The van der Waals surface area contributed by atoms with Gasteiger partial charge in [0.15, 0.2) is 0 Å². The van der Waals surface area contributed by atoms with Crippen LogP contribution in [0.25, 0.3) is 0 Å². The van der Waals surface area contributed by atoms with E-state index < -0.39 is 5.60 Å². The van der Waals surface area contributed by atoms with Crippen molar-refractivity contribution >= 4 is 5.91 Å². The second kappa shape index (κ2) is 6.75. The maximum atomic E-state index is 12.3. The Hall–Kier alpha value is -1.46. The smallest absolute Gasteiger partial charge is 0.225 e. The fraction of sp³-hybridized carbons (Fsp3) is 0.647. The number of amides is 1. The van der Waals surface area contributed by atoms with Gasteiger partial charge in [0.05, 0.1) is 18.1 Å². The molecule has 2 saturated heterocycles. The first-order valence-electron chi connectivity index (χ1n) is 8.15. The van der Waals surface area contributed by atoms with E-state index in [0.717, 1.165) is 25.0 Å². The normalized spacial score (nSPS) is 24.4.